The molecule has 0 spiro atoms. The Labute approximate surface area is 240 Å². The zero-order chi connectivity index (χ0) is 29.5. The first-order chi connectivity index (χ1) is 19.8. The van der Waals surface area contributed by atoms with Crippen molar-refractivity contribution in [3.63, 3.8) is 0 Å². The zero-order valence-corrected chi connectivity index (χ0v) is 23.6. The SMILES string of the molecule is CCOC(Cc1ccc(OCCN(CCCCOCc2ccc(F)cc2)C(=O)Oc2ccc(C)cc2)cc1)C(=O)O. The molecule has 220 valence electrons. The molecule has 3 rings (SSSR count). The Morgan fingerprint density at radius 2 is 1.51 bits per heavy atom. The summed E-state index contributed by atoms with van der Waals surface area (Å²) in [6, 6.07) is 20.6. The van der Waals surface area contributed by atoms with E-state index in [2.05, 4.69) is 0 Å². The lowest BCUT2D eigenvalue weighted by molar-refractivity contribution is -0.149. The number of hydrogen-bond donors (Lipinski definition) is 1. The standard InChI is InChI=1S/C32H38FNO7/c1-3-39-30(31(35)36)22-25-10-16-28(17-11-25)40-21-19-34(32(37)41-29-14-6-24(2)7-15-29)18-4-5-20-38-23-26-8-12-27(33)13-9-26/h6-17,30H,3-5,18-23H2,1-2H3,(H,35,36). The van der Waals surface area contributed by atoms with Gasteiger partial charge in [0.05, 0.1) is 13.2 Å². The number of carboxylic acids is 1. The Hall–Kier alpha value is -3.95. The molecule has 0 aliphatic carbocycles. The average molecular weight is 568 g/mol. The maximum atomic E-state index is 13.0. The molecule has 0 saturated heterocycles. The van der Waals surface area contributed by atoms with Crippen LogP contribution in [0.15, 0.2) is 72.8 Å². The third-order valence-corrected chi connectivity index (χ3v) is 6.25. The number of benzene rings is 3. The summed E-state index contributed by atoms with van der Waals surface area (Å²) in [4.78, 5) is 25.9. The molecule has 0 radical (unpaired) electrons. The summed E-state index contributed by atoms with van der Waals surface area (Å²) in [6.07, 6.45) is 0.335. The summed E-state index contributed by atoms with van der Waals surface area (Å²) in [5, 5.41) is 9.29. The van der Waals surface area contributed by atoms with Crippen LogP contribution in [0.1, 0.15) is 36.5 Å². The normalized spacial score (nSPS) is 11.6. The van der Waals surface area contributed by atoms with Crippen LogP contribution in [-0.4, -0.2) is 61.1 Å². The number of carbonyl (C=O) groups is 2. The summed E-state index contributed by atoms with van der Waals surface area (Å²) >= 11 is 0. The lowest BCUT2D eigenvalue weighted by Gasteiger charge is -2.22. The monoisotopic (exact) mass is 567 g/mol. The van der Waals surface area contributed by atoms with Crippen LogP contribution in [0.2, 0.25) is 0 Å². The molecule has 41 heavy (non-hydrogen) atoms. The van der Waals surface area contributed by atoms with Gasteiger partial charge in [-0.3, -0.25) is 0 Å². The second kappa shape index (κ2) is 17.0. The van der Waals surface area contributed by atoms with E-state index in [9.17, 15) is 19.1 Å². The van der Waals surface area contributed by atoms with Gasteiger partial charge in [-0.25, -0.2) is 14.0 Å². The fourth-order valence-electron chi connectivity index (χ4n) is 3.97. The molecule has 1 N–H and O–H groups in total. The predicted octanol–water partition coefficient (Wildman–Crippen LogP) is 6.04. The summed E-state index contributed by atoms with van der Waals surface area (Å²) < 4.78 is 35.5. The van der Waals surface area contributed by atoms with E-state index in [1.807, 2.05) is 19.1 Å². The van der Waals surface area contributed by atoms with Gasteiger partial charge in [0.2, 0.25) is 0 Å². The van der Waals surface area contributed by atoms with Crippen LogP contribution in [0.5, 0.6) is 11.5 Å². The molecular weight excluding hydrogens is 529 g/mol. The minimum Gasteiger partial charge on any atom is -0.492 e. The molecule has 0 aromatic heterocycles. The Bertz CT molecular complexity index is 1200. The van der Waals surface area contributed by atoms with E-state index in [1.165, 1.54) is 12.1 Å². The molecule has 9 heteroatoms. The van der Waals surface area contributed by atoms with Crippen LogP contribution in [0.4, 0.5) is 9.18 Å². The molecule has 0 fully saturated rings. The van der Waals surface area contributed by atoms with Gasteiger partial charge in [-0.1, -0.05) is 42.0 Å². The smallest absolute Gasteiger partial charge is 0.415 e. The van der Waals surface area contributed by atoms with Gasteiger partial charge in [0.1, 0.15) is 23.9 Å². The lowest BCUT2D eigenvalue weighted by Crippen LogP contribution is -2.37. The molecule has 3 aromatic carbocycles. The van der Waals surface area contributed by atoms with Crippen molar-refractivity contribution in [3.05, 3.63) is 95.3 Å². The topological polar surface area (TPSA) is 94.5 Å². The number of nitrogens with zero attached hydrogens (tertiary/aromatic N) is 1. The van der Waals surface area contributed by atoms with Crippen molar-refractivity contribution in [2.45, 2.75) is 45.8 Å². The Kier molecular flexibility index (Phi) is 13.1. The minimum atomic E-state index is -0.996. The molecule has 1 unspecified atom stereocenters. The van der Waals surface area contributed by atoms with Gasteiger partial charge in [-0.15, -0.1) is 0 Å². The van der Waals surface area contributed by atoms with Crippen molar-refractivity contribution in [2.24, 2.45) is 0 Å². The third-order valence-electron chi connectivity index (χ3n) is 6.25. The minimum absolute atomic E-state index is 0.250. The van der Waals surface area contributed by atoms with Crippen molar-refractivity contribution in [1.29, 1.82) is 0 Å². The van der Waals surface area contributed by atoms with Crippen molar-refractivity contribution in [2.75, 3.05) is 32.9 Å². The van der Waals surface area contributed by atoms with E-state index < -0.39 is 18.2 Å². The van der Waals surface area contributed by atoms with Gasteiger partial charge in [-0.2, -0.15) is 0 Å². The van der Waals surface area contributed by atoms with Crippen LogP contribution in [0.25, 0.3) is 0 Å². The van der Waals surface area contributed by atoms with E-state index in [-0.39, 0.29) is 18.8 Å². The van der Waals surface area contributed by atoms with Gasteiger partial charge in [0, 0.05) is 26.2 Å². The molecule has 0 heterocycles. The van der Waals surface area contributed by atoms with Crippen LogP contribution in [0, 0.1) is 12.7 Å². The number of halogens is 1. The molecule has 1 amide bonds. The number of rotatable bonds is 17. The predicted molar refractivity (Wildman–Crippen MR) is 153 cm³/mol. The molecule has 0 aliphatic heterocycles. The summed E-state index contributed by atoms with van der Waals surface area (Å²) in [6.45, 7) is 5.97. The van der Waals surface area contributed by atoms with Crippen molar-refractivity contribution >= 4 is 12.1 Å². The van der Waals surface area contributed by atoms with Gasteiger partial charge in [0.25, 0.3) is 0 Å². The van der Waals surface area contributed by atoms with Crippen LogP contribution in [0.3, 0.4) is 0 Å². The van der Waals surface area contributed by atoms with Gasteiger partial charge in [0.15, 0.2) is 6.10 Å². The van der Waals surface area contributed by atoms with Gasteiger partial charge >= 0.3 is 12.1 Å². The van der Waals surface area contributed by atoms with Crippen molar-refractivity contribution in [1.82, 2.24) is 4.90 Å². The van der Waals surface area contributed by atoms with E-state index in [0.717, 1.165) is 23.1 Å². The quantitative estimate of drug-likeness (QED) is 0.199. The molecule has 8 nitrogen and oxygen atoms in total. The first-order valence-corrected chi connectivity index (χ1v) is 13.8. The molecule has 1 atom stereocenters. The van der Waals surface area contributed by atoms with Crippen LogP contribution < -0.4 is 9.47 Å². The highest BCUT2D eigenvalue weighted by Gasteiger charge is 2.18. The molecule has 0 bridgehead atoms. The fraction of sp³-hybridized carbons (Fsp3) is 0.375. The summed E-state index contributed by atoms with van der Waals surface area (Å²) in [5.41, 5.74) is 2.79. The maximum absolute atomic E-state index is 13.0. The maximum Gasteiger partial charge on any atom is 0.415 e. The third kappa shape index (κ3) is 11.6. The number of ether oxygens (including phenoxy) is 4. The zero-order valence-electron chi connectivity index (χ0n) is 23.6. The van der Waals surface area contributed by atoms with Gasteiger partial charge < -0.3 is 29.0 Å². The summed E-state index contributed by atoms with van der Waals surface area (Å²) in [7, 11) is 0. The number of hydrogen-bond acceptors (Lipinski definition) is 6. The van der Waals surface area contributed by atoms with E-state index in [4.69, 9.17) is 18.9 Å². The molecule has 3 aromatic rings. The lowest BCUT2D eigenvalue weighted by atomic mass is 10.1. The highest BCUT2D eigenvalue weighted by atomic mass is 19.1. The largest absolute Gasteiger partial charge is 0.492 e. The van der Waals surface area contributed by atoms with Crippen LogP contribution >= 0.6 is 0 Å². The number of carbonyl (C=O) groups excluding carboxylic acids is 1. The number of carboxylic acid groups (broad SMARTS) is 1. The first-order valence-electron chi connectivity index (χ1n) is 13.8. The Morgan fingerprint density at radius 1 is 0.854 bits per heavy atom. The van der Waals surface area contributed by atoms with Crippen molar-refractivity contribution < 1.29 is 38.0 Å². The van der Waals surface area contributed by atoms with E-state index in [1.54, 1.807) is 60.4 Å². The highest BCUT2D eigenvalue weighted by molar-refractivity contribution is 5.72. The number of aliphatic carboxylic acids is 1. The summed E-state index contributed by atoms with van der Waals surface area (Å²) in [5.74, 6) is -0.197. The molecular formula is C32H38FNO7. The first kappa shape index (κ1) is 31.6. The molecule has 0 aliphatic rings. The Balaban J connectivity index is 1.48. The number of unbranched alkanes of at least 4 members (excludes halogenated alkanes) is 1. The second-order valence-corrected chi connectivity index (χ2v) is 9.53. The van der Waals surface area contributed by atoms with Gasteiger partial charge in [-0.05, 0) is 74.2 Å². The average Bonchev–Trinajstić information content (AvgIpc) is 2.96. The van der Waals surface area contributed by atoms with Crippen molar-refractivity contribution in [3.8, 4) is 11.5 Å². The Morgan fingerprint density at radius 3 is 2.17 bits per heavy atom. The number of aryl methyl sites for hydroxylation is 1. The molecule has 0 saturated carbocycles. The second-order valence-electron chi connectivity index (χ2n) is 9.53. The fourth-order valence-corrected chi connectivity index (χ4v) is 3.97. The highest BCUT2D eigenvalue weighted by Crippen LogP contribution is 2.16. The van der Waals surface area contributed by atoms with E-state index >= 15 is 0 Å². The van der Waals surface area contributed by atoms with Crippen LogP contribution in [-0.2, 0) is 27.3 Å². The number of amides is 1. The van der Waals surface area contributed by atoms with E-state index in [0.29, 0.717) is 50.8 Å².